The summed E-state index contributed by atoms with van der Waals surface area (Å²) in [6.07, 6.45) is 3.54. The van der Waals surface area contributed by atoms with Gasteiger partial charge in [0.15, 0.2) is 0 Å². The number of hydrogen-bond donors (Lipinski definition) is 0. The first-order valence-corrected chi connectivity index (χ1v) is 7.13. The van der Waals surface area contributed by atoms with Crippen molar-refractivity contribution in [2.45, 2.75) is 18.3 Å². The van der Waals surface area contributed by atoms with Crippen LogP contribution in [0.2, 0.25) is 0 Å². The molecule has 2 heterocycles. The van der Waals surface area contributed by atoms with Crippen LogP contribution in [0.1, 0.15) is 23.0 Å². The van der Waals surface area contributed by atoms with Crippen LogP contribution in [0.4, 0.5) is 4.39 Å². The number of aromatic nitrogens is 4. The molecule has 2 aromatic heterocycles. The van der Waals surface area contributed by atoms with Crippen LogP contribution in [0, 0.1) is 5.82 Å². The van der Waals surface area contributed by atoms with E-state index in [4.69, 9.17) is 0 Å². The van der Waals surface area contributed by atoms with Gasteiger partial charge in [-0.25, -0.2) is 9.07 Å². The summed E-state index contributed by atoms with van der Waals surface area (Å²) < 4.78 is 15.5. The van der Waals surface area contributed by atoms with Crippen molar-refractivity contribution in [1.29, 1.82) is 0 Å². The van der Waals surface area contributed by atoms with Gasteiger partial charge in [-0.15, -0.1) is 5.10 Å². The molecule has 20 heavy (non-hydrogen) atoms. The molecule has 0 aliphatic carbocycles. The second-order valence-corrected chi connectivity index (χ2v) is 5.94. The van der Waals surface area contributed by atoms with Gasteiger partial charge >= 0.3 is 0 Å². The number of fused-ring (bicyclic) bond motifs is 1. The Morgan fingerprint density at radius 2 is 2.20 bits per heavy atom. The summed E-state index contributed by atoms with van der Waals surface area (Å²) in [7, 11) is 0. The van der Waals surface area contributed by atoms with Gasteiger partial charge in [-0.05, 0) is 25.1 Å². The molecule has 0 aliphatic heterocycles. The number of rotatable bonds is 3. The average molecular weight is 335 g/mol. The molecule has 1 aromatic carbocycles. The second-order valence-electron chi connectivity index (χ2n) is 4.56. The fourth-order valence-electron chi connectivity index (χ4n) is 2.07. The summed E-state index contributed by atoms with van der Waals surface area (Å²) in [5, 5.41) is 8.69. The van der Waals surface area contributed by atoms with Gasteiger partial charge in [0.2, 0.25) is 0 Å². The standard InChI is InChI=1S/C14H12BrFN4/c1-9(15)13-8-20(19-18-13)7-10-4-5-12(16)11-3-2-6-17-14(10)11/h2-6,8-9H,7H2,1H3. The number of alkyl halides is 1. The Labute approximate surface area is 123 Å². The highest BCUT2D eigenvalue weighted by Crippen LogP contribution is 2.22. The van der Waals surface area contributed by atoms with E-state index in [1.807, 2.05) is 13.1 Å². The maximum Gasteiger partial charge on any atom is 0.132 e. The monoisotopic (exact) mass is 334 g/mol. The Balaban J connectivity index is 2.00. The molecule has 0 N–H and O–H groups in total. The zero-order valence-electron chi connectivity index (χ0n) is 10.8. The fourth-order valence-corrected chi connectivity index (χ4v) is 2.28. The van der Waals surface area contributed by atoms with Crippen LogP contribution in [-0.2, 0) is 6.54 Å². The molecule has 0 bridgehead atoms. The Morgan fingerprint density at radius 1 is 1.35 bits per heavy atom. The first-order valence-electron chi connectivity index (χ1n) is 6.21. The maximum atomic E-state index is 13.7. The Bertz CT molecular complexity index is 754. The van der Waals surface area contributed by atoms with Gasteiger partial charge in [-0.2, -0.15) is 0 Å². The van der Waals surface area contributed by atoms with Crippen LogP contribution in [0.5, 0.6) is 0 Å². The molecule has 1 unspecified atom stereocenters. The quantitative estimate of drug-likeness (QED) is 0.689. The van der Waals surface area contributed by atoms with E-state index >= 15 is 0 Å². The molecule has 0 spiro atoms. The highest BCUT2D eigenvalue weighted by molar-refractivity contribution is 9.09. The van der Waals surface area contributed by atoms with Gasteiger partial charge in [0, 0.05) is 23.3 Å². The van der Waals surface area contributed by atoms with Crippen LogP contribution in [0.3, 0.4) is 0 Å². The third kappa shape index (κ3) is 2.43. The van der Waals surface area contributed by atoms with Gasteiger partial charge in [0.1, 0.15) is 5.82 Å². The van der Waals surface area contributed by atoms with E-state index in [0.29, 0.717) is 17.4 Å². The number of pyridine rings is 1. The highest BCUT2D eigenvalue weighted by atomic mass is 79.9. The Morgan fingerprint density at radius 3 is 2.95 bits per heavy atom. The first kappa shape index (κ1) is 13.2. The predicted molar refractivity (Wildman–Crippen MR) is 78.2 cm³/mol. The van der Waals surface area contributed by atoms with Gasteiger partial charge in [0.25, 0.3) is 0 Å². The Hall–Kier alpha value is -1.82. The first-order chi connectivity index (χ1) is 9.65. The molecule has 0 fully saturated rings. The van der Waals surface area contributed by atoms with Gasteiger partial charge in [0.05, 0.1) is 22.6 Å². The summed E-state index contributed by atoms with van der Waals surface area (Å²) in [5.41, 5.74) is 2.45. The smallest absolute Gasteiger partial charge is 0.132 e. The highest BCUT2D eigenvalue weighted by Gasteiger charge is 2.10. The minimum Gasteiger partial charge on any atom is -0.256 e. The van der Waals surface area contributed by atoms with Crippen molar-refractivity contribution in [2.24, 2.45) is 0 Å². The van der Waals surface area contributed by atoms with Crippen molar-refractivity contribution in [3.8, 4) is 0 Å². The summed E-state index contributed by atoms with van der Waals surface area (Å²) in [6.45, 7) is 2.50. The molecular weight excluding hydrogens is 323 g/mol. The van der Waals surface area contributed by atoms with Crippen LogP contribution < -0.4 is 0 Å². The minimum atomic E-state index is -0.259. The SMILES string of the molecule is CC(Br)c1cn(Cc2ccc(F)c3cccnc23)nn1. The lowest BCUT2D eigenvalue weighted by Crippen LogP contribution is -2.02. The molecule has 3 aromatic rings. The van der Waals surface area contributed by atoms with Crippen molar-refractivity contribution in [3.63, 3.8) is 0 Å². The van der Waals surface area contributed by atoms with Gasteiger partial charge < -0.3 is 0 Å². The molecule has 3 rings (SSSR count). The van der Waals surface area contributed by atoms with E-state index in [-0.39, 0.29) is 10.6 Å². The van der Waals surface area contributed by atoms with Crippen molar-refractivity contribution < 1.29 is 4.39 Å². The topological polar surface area (TPSA) is 43.6 Å². The van der Waals surface area contributed by atoms with Gasteiger partial charge in [-0.3, -0.25) is 4.98 Å². The lowest BCUT2D eigenvalue weighted by molar-refractivity contribution is 0.633. The molecule has 0 aliphatic rings. The molecule has 6 heteroatoms. The van der Waals surface area contributed by atoms with Crippen molar-refractivity contribution in [2.75, 3.05) is 0 Å². The largest absolute Gasteiger partial charge is 0.256 e. The van der Waals surface area contributed by atoms with Crippen molar-refractivity contribution >= 4 is 26.8 Å². The third-order valence-electron chi connectivity index (χ3n) is 3.10. The number of hydrogen-bond acceptors (Lipinski definition) is 3. The number of halogens is 2. The molecule has 0 radical (unpaired) electrons. The second kappa shape index (κ2) is 5.28. The van der Waals surface area contributed by atoms with E-state index < -0.39 is 0 Å². The summed E-state index contributed by atoms with van der Waals surface area (Å²) in [6, 6.07) is 6.66. The number of benzene rings is 1. The maximum absolute atomic E-state index is 13.7. The number of nitrogens with zero attached hydrogens (tertiary/aromatic N) is 4. The average Bonchev–Trinajstić information content (AvgIpc) is 2.91. The Kier molecular flexibility index (Phi) is 3.48. The third-order valence-corrected chi connectivity index (χ3v) is 3.57. The summed E-state index contributed by atoms with van der Waals surface area (Å²) >= 11 is 3.45. The fraction of sp³-hybridized carbons (Fsp3) is 0.214. The summed E-state index contributed by atoms with van der Waals surface area (Å²) in [5.74, 6) is -0.259. The van der Waals surface area contributed by atoms with Crippen molar-refractivity contribution in [3.05, 3.63) is 53.7 Å². The lowest BCUT2D eigenvalue weighted by Gasteiger charge is -2.06. The molecule has 0 saturated carbocycles. The van der Waals surface area contributed by atoms with Gasteiger partial charge in [-0.1, -0.05) is 27.2 Å². The van der Waals surface area contributed by atoms with Crippen molar-refractivity contribution in [1.82, 2.24) is 20.0 Å². The van der Waals surface area contributed by atoms with E-state index in [2.05, 4.69) is 31.2 Å². The predicted octanol–water partition coefficient (Wildman–Crippen LogP) is 3.47. The lowest BCUT2D eigenvalue weighted by atomic mass is 10.1. The zero-order chi connectivity index (χ0) is 14.1. The molecule has 102 valence electrons. The van der Waals surface area contributed by atoms with Crippen LogP contribution >= 0.6 is 15.9 Å². The van der Waals surface area contributed by atoms with E-state index in [9.17, 15) is 4.39 Å². The summed E-state index contributed by atoms with van der Waals surface area (Å²) in [4.78, 5) is 4.42. The molecule has 0 amide bonds. The van der Waals surface area contributed by atoms with E-state index in [0.717, 1.165) is 11.3 Å². The molecule has 1 atom stereocenters. The zero-order valence-corrected chi connectivity index (χ0v) is 12.4. The van der Waals surface area contributed by atoms with Crippen LogP contribution in [0.25, 0.3) is 10.9 Å². The normalized spacial score (nSPS) is 12.8. The van der Waals surface area contributed by atoms with Crippen LogP contribution in [0.15, 0.2) is 36.7 Å². The van der Waals surface area contributed by atoms with Crippen LogP contribution in [-0.4, -0.2) is 20.0 Å². The van der Waals surface area contributed by atoms with E-state index in [1.54, 1.807) is 29.1 Å². The molecular formula is C14H12BrFN4. The molecule has 0 saturated heterocycles. The minimum absolute atomic E-state index is 0.152. The van der Waals surface area contributed by atoms with E-state index in [1.165, 1.54) is 6.07 Å². The molecule has 4 nitrogen and oxygen atoms in total.